The molecule has 3 heterocycles. The first-order valence-electron chi connectivity index (χ1n) is 8.44. The maximum Gasteiger partial charge on any atom is 0.133 e. The van der Waals surface area contributed by atoms with Crippen molar-refractivity contribution in [2.45, 2.75) is 76.1 Å². The van der Waals surface area contributed by atoms with Gasteiger partial charge in [0.1, 0.15) is 5.82 Å². The maximum atomic E-state index is 10.0. The van der Waals surface area contributed by atoms with Crippen LogP contribution in [-0.4, -0.2) is 28.3 Å². The van der Waals surface area contributed by atoms with Crippen LogP contribution in [0.5, 0.6) is 0 Å². The summed E-state index contributed by atoms with van der Waals surface area (Å²) in [7, 11) is 0. The summed E-state index contributed by atoms with van der Waals surface area (Å²) in [6, 6.07) is 3.22. The Labute approximate surface area is 126 Å². The lowest BCUT2D eigenvalue weighted by Gasteiger charge is -2.39. The monoisotopic (exact) mass is 287 g/mol. The summed E-state index contributed by atoms with van der Waals surface area (Å²) in [5.41, 5.74) is 9.91. The molecule has 3 aliphatic rings. The van der Waals surface area contributed by atoms with Crippen molar-refractivity contribution in [2.75, 3.05) is 4.90 Å². The van der Waals surface area contributed by atoms with Crippen molar-refractivity contribution in [3.8, 4) is 0 Å². The van der Waals surface area contributed by atoms with Gasteiger partial charge >= 0.3 is 0 Å². The smallest absolute Gasteiger partial charge is 0.133 e. The van der Waals surface area contributed by atoms with Crippen molar-refractivity contribution >= 4 is 5.82 Å². The van der Waals surface area contributed by atoms with Gasteiger partial charge in [0, 0.05) is 29.9 Å². The Morgan fingerprint density at radius 3 is 2.62 bits per heavy atom. The minimum Gasteiger partial charge on any atom is -0.393 e. The molecule has 3 N–H and O–H groups in total. The number of aliphatic hydroxyl groups excluding tert-OH is 1. The van der Waals surface area contributed by atoms with Crippen molar-refractivity contribution in [3.63, 3.8) is 0 Å². The van der Waals surface area contributed by atoms with Crippen LogP contribution in [0.4, 0.5) is 5.82 Å². The highest BCUT2D eigenvalue weighted by Crippen LogP contribution is 2.40. The first kappa shape index (κ1) is 13.5. The summed E-state index contributed by atoms with van der Waals surface area (Å²) in [6.45, 7) is 0.564. The quantitative estimate of drug-likeness (QED) is 0.872. The Balaban J connectivity index is 1.74. The zero-order valence-corrected chi connectivity index (χ0v) is 12.6. The highest BCUT2D eigenvalue weighted by molar-refractivity contribution is 5.53. The molecule has 0 saturated carbocycles. The minimum absolute atomic E-state index is 0.127. The number of rotatable bonds is 2. The van der Waals surface area contributed by atoms with E-state index in [1.807, 2.05) is 0 Å². The second kappa shape index (κ2) is 5.25. The Hall–Kier alpha value is -1.13. The summed E-state index contributed by atoms with van der Waals surface area (Å²) in [5.74, 6) is 1.12. The lowest BCUT2D eigenvalue weighted by molar-refractivity contribution is 0.126. The summed E-state index contributed by atoms with van der Waals surface area (Å²) in [4.78, 5) is 7.53. The molecule has 4 heteroatoms. The van der Waals surface area contributed by atoms with Gasteiger partial charge in [0.15, 0.2) is 0 Å². The van der Waals surface area contributed by atoms with E-state index in [2.05, 4.69) is 11.0 Å². The van der Waals surface area contributed by atoms with Gasteiger partial charge in [-0.05, 0) is 63.0 Å². The molecule has 0 spiro atoms. The van der Waals surface area contributed by atoms with Crippen molar-refractivity contribution < 1.29 is 5.11 Å². The largest absolute Gasteiger partial charge is 0.393 e. The Kier molecular flexibility index (Phi) is 3.38. The van der Waals surface area contributed by atoms with Crippen LogP contribution in [0.15, 0.2) is 6.07 Å². The van der Waals surface area contributed by atoms with Gasteiger partial charge < -0.3 is 15.7 Å². The van der Waals surface area contributed by atoms with Gasteiger partial charge in [0.25, 0.3) is 0 Å². The summed E-state index contributed by atoms with van der Waals surface area (Å²) >= 11 is 0. The fourth-order valence-corrected chi connectivity index (χ4v) is 4.54. The molecule has 4 rings (SSSR count). The normalized spacial score (nSPS) is 31.3. The molecule has 1 aromatic rings. The lowest BCUT2D eigenvalue weighted by atomic mass is 9.93. The zero-order valence-electron chi connectivity index (χ0n) is 12.6. The van der Waals surface area contributed by atoms with Gasteiger partial charge in [-0.2, -0.15) is 0 Å². The van der Waals surface area contributed by atoms with Crippen LogP contribution in [0.3, 0.4) is 0 Å². The number of hydrogen-bond acceptors (Lipinski definition) is 4. The maximum absolute atomic E-state index is 10.0. The van der Waals surface area contributed by atoms with Crippen LogP contribution < -0.4 is 10.6 Å². The minimum atomic E-state index is -0.127. The fourth-order valence-electron chi connectivity index (χ4n) is 4.54. The van der Waals surface area contributed by atoms with E-state index in [1.165, 1.54) is 42.5 Å². The molecule has 1 aromatic heterocycles. The number of aryl methyl sites for hydroxylation is 2. The third-order valence-corrected chi connectivity index (χ3v) is 5.53. The van der Waals surface area contributed by atoms with Crippen molar-refractivity contribution in [1.82, 2.24) is 4.98 Å². The molecule has 114 valence electrons. The zero-order chi connectivity index (χ0) is 14.4. The van der Waals surface area contributed by atoms with Crippen molar-refractivity contribution in [2.24, 2.45) is 5.73 Å². The van der Waals surface area contributed by atoms with Crippen LogP contribution >= 0.6 is 0 Å². The van der Waals surface area contributed by atoms with Crippen molar-refractivity contribution in [3.05, 3.63) is 22.9 Å². The Morgan fingerprint density at radius 2 is 1.90 bits per heavy atom. The van der Waals surface area contributed by atoms with Gasteiger partial charge in [0.05, 0.1) is 6.10 Å². The number of aromatic nitrogens is 1. The molecule has 1 aliphatic carbocycles. The van der Waals surface area contributed by atoms with Crippen LogP contribution in [0, 0.1) is 0 Å². The molecule has 2 bridgehead atoms. The second-order valence-electron chi connectivity index (χ2n) is 6.91. The second-order valence-corrected chi connectivity index (χ2v) is 6.91. The van der Waals surface area contributed by atoms with E-state index >= 15 is 0 Å². The first-order valence-corrected chi connectivity index (χ1v) is 8.44. The van der Waals surface area contributed by atoms with E-state index in [4.69, 9.17) is 10.7 Å². The van der Waals surface area contributed by atoms with Gasteiger partial charge in [0.2, 0.25) is 0 Å². The van der Waals surface area contributed by atoms with Crippen LogP contribution in [-0.2, 0) is 19.4 Å². The van der Waals surface area contributed by atoms with Crippen LogP contribution in [0.2, 0.25) is 0 Å². The van der Waals surface area contributed by atoms with Gasteiger partial charge in [-0.1, -0.05) is 0 Å². The number of nitrogens with two attached hydrogens (primary N) is 1. The fraction of sp³-hybridized carbons (Fsp3) is 0.706. The standard InChI is InChI=1S/C17H25N3O/c18-10-12-7-11-3-1-2-4-16(11)19-17(12)20-13-5-6-14(20)9-15(21)8-13/h7,13-15,21H,1-6,8-10,18H2. The average Bonchev–Trinajstić information content (AvgIpc) is 2.77. The van der Waals surface area contributed by atoms with E-state index in [0.717, 1.165) is 31.5 Å². The van der Waals surface area contributed by atoms with E-state index in [9.17, 15) is 5.11 Å². The third-order valence-electron chi connectivity index (χ3n) is 5.53. The molecule has 2 fully saturated rings. The van der Waals surface area contributed by atoms with E-state index < -0.39 is 0 Å². The number of nitrogens with zero attached hydrogens (tertiary/aromatic N) is 2. The molecular formula is C17H25N3O. The molecule has 0 amide bonds. The highest BCUT2D eigenvalue weighted by Gasteiger charge is 2.41. The van der Waals surface area contributed by atoms with Gasteiger partial charge in [-0.3, -0.25) is 0 Å². The first-order chi connectivity index (χ1) is 10.3. The third kappa shape index (κ3) is 2.25. The van der Waals surface area contributed by atoms with Crippen LogP contribution in [0.1, 0.15) is 55.3 Å². The topological polar surface area (TPSA) is 62.4 Å². The highest BCUT2D eigenvalue weighted by atomic mass is 16.3. The lowest BCUT2D eigenvalue weighted by Crippen LogP contribution is -2.46. The molecule has 2 atom stereocenters. The molecule has 2 unspecified atom stereocenters. The van der Waals surface area contributed by atoms with Gasteiger partial charge in [-0.15, -0.1) is 0 Å². The number of hydrogen-bond donors (Lipinski definition) is 2. The average molecular weight is 287 g/mol. The Bertz CT molecular complexity index is 531. The predicted molar refractivity (Wildman–Crippen MR) is 83.3 cm³/mol. The summed E-state index contributed by atoms with van der Waals surface area (Å²) < 4.78 is 0. The van der Waals surface area contributed by atoms with E-state index in [1.54, 1.807) is 0 Å². The van der Waals surface area contributed by atoms with Crippen molar-refractivity contribution in [1.29, 1.82) is 0 Å². The molecular weight excluding hydrogens is 262 g/mol. The number of piperidine rings is 1. The summed E-state index contributed by atoms with van der Waals surface area (Å²) in [6.07, 6.45) is 8.82. The SMILES string of the molecule is NCc1cc2c(nc1N1C3CCC1CC(O)C3)CCCC2. The molecule has 0 radical (unpaired) electrons. The molecule has 2 aliphatic heterocycles. The number of anilines is 1. The molecule has 21 heavy (non-hydrogen) atoms. The summed E-state index contributed by atoms with van der Waals surface area (Å²) in [5, 5.41) is 10.0. The molecule has 0 aromatic carbocycles. The number of pyridine rings is 1. The van der Waals surface area contributed by atoms with E-state index in [0.29, 0.717) is 18.6 Å². The molecule has 2 saturated heterocycles. The van der Waals surface area contributed by atoms with Crippen LogP contribution in [0.25, 0.3) is 0 Å². The van der Waals surface area contributed by atoms with E-state index in [-0.39, 0.29) is 6.10 Å². The number of aliphatic hydroxyl groups is 1. The predicted octanol–water partition coefficient (Wildman–Crippen LogP) is 1.91. The number of fused-ring (bicyclic) bond motifs is 3. The molecule has 4 nitrogen and oxygen atoms in total. The Morgan fingerprint density at radius 1 is 1.19 bits per heavy atom. The van der Waals surface area contributed by atoms with Gasteiger partial charge in [-0.25, -0.2) is 4.98 Å².